The highest BCUT2D eigenvalue weighted by atomic mass is 35.5. The Kier molecular flexibility index (Phi) is 7.11. The number of carbonyl (C=O) groups is 1. The first kappa shape index (κ1) is 16.7. The Morgan fingerprint density at radius 1 is 1.26 bits per heavy atom. The largest absolute Gasteiger partial charge is 0.364 e. The predicted octanol–water partition coefficient (Wildman–Crippen LogP) is 2.10. The Morgan fingerprint density at radius 3 is 2.68 bits per heavy atom. The van der Waals surface area contributed by atoms with E-state index in [0.29, 0.717) is 12.6 Å². The summed E-state index contributed by atoms with van der Waals surface area (Å²) >= 11 is 0. The summed E-state index contributed by atoms with van der Waals surface area (Å²) in [6.45, 7) is 3.61. The molecule has 0 bridgehead atoms. The average Bonchev–Trinajstić information content (AvgIpc) is 2.75. The van der Waals surface area contributed by atoms with E-state index >= 15 is 0 Å². The van der Waals surface area contributed by atoms with Crippen molar-refractivity contribution in [2.24, 2.45) is 5.73 Å². The van der Waals surface area contributed by atoms with Crippen LogP contribution in [-0.2, 0) is 9.53 Å². The summed E-state index contributed by atoms with van der Waals surface area (Å²) in [6.07, 6.45) is 7.46. The van der Waals surface area contributed by atoms with Crippen molar-refractivity contribution in [2.45, 2.75) is 70.1 Å². The predicted molar refractivity (Wildman–Crippen MR) is 78.5 cm³/mol. The van der Waals surface area contributed by atoms with E-state index in [2.05, 4.69) is 11.8 Å². The van der Waals surface area contributed by atoms with E-state index in [1.807, 2.05) is 0 Å². The van der Waals surface area contributed by atoms with E-state index in [-0.39, 0.29) is 30.5 Å². The number of ether oxygens (including phenoxy) is 1. The summed E-state index contributed by atoms with van der Waals surface area (Å²) in [4.78, 5) is 14.6. The molecule has 19 heavy (non-hydrogen) atoms. The Labute approximate surface area is 122 Å². The summed E-state index contributed by atoms with van der Waals surface area (Å²) in [6, 6.07) is 0.417. The molecule has 0 aromatic heterocycles. The Bertz CT molecular complexity index is 289. The van der Waals surface area contributed by atoms with E-state index in [1.165, 1.54) is 12.8 Å². The van der Waals surface area contributed by atoms with Gasteiger partial charge in [0.25, 0.3) is 5.91 Å². The highest BCUT2D eigenvalue weighted by molar-refractivity contribution is 5.85. The third-order valence-corrected chi connectivity index (χ3v) is 4.28. The lowest BCUT2D eigenvalue weighted by atomic mass is 10.1. The molecule has 0 radical (unpaired) electrons. The maximum absolute atomic E-state index is 12.5. The molecule has 112 valence electrons. The number of rotatable bonds is 3. The van der Waals surface area contributed by atoms with Crippen LogP contribution in [0.2, 0.25) is 0 Å². The number of nitrogens with zero attached hydrogens (tertiary/aromatic N) is 1. The van der Waals surface area contributed by atoms with Gasteiger partial charge in [-0.25, -0.2) is 0 Å². The van der Waals surface area contributed by atoms with Gasteiger partial charge in [0.15, 0.2) is 0 Å². The minimum atomic E-state index is -0.231. The van der Waals surface area contributed by atoms with Gasteiger partial charge in [0.05, 0.1) is 6.10 Å². The van der Waals surface area contributed by atoms with Crippen molar-refractivity contribution in [2.75, 3.05) is 13.1 Å². The molecule has 2 saturated heterocycles. The maximum Gasteiger partial charge on any atom is 0.251 e. The topological polar surface area (TPSA) is 55.6 Å². The third kappa shape index (κ3) is 4.07. The van der Waals surface area contributed by atoms with Crippen LogP contribution in [0.5, 0.6) is 0 Å². The first-order valence-corrected chi connectivity index (χ1v) is 7.42. The summed E-state index contributed by atoms with van der Waals surface area (Å²) < 4.78 is 5.74. The van der Waals surface area contributed by atoms with Crippen LogP contribution in [0.3, 0.4) is 0 Å². The zero-order chi connectivity index (χ0) is 13.0. The summed E-state index contributed by atoms with van der Waals surface area (Å²) in [5.74, 6) is 0.208. The number of halogens is 1. The van der Waals surface area contributed by atoms with E-state index in [4.69, 9.17) is 10.5 Å². The maximum atomic E-state index is 12.5. The summed E-state index contributed by atoms with van der Waals surface area (Å²) in [7, 11) is 0. The SMILES string of the molecule is CCC1CCCCCN1C(=O)[C@@H]1CC[C@H](CN)O1.Cl. The number of amides is 1. The highest BCUT2D eigenvalue weighted by Crippen LogP contribution is 2.25. The molecule has 5 heteroatoms. The molecule has 0 aromatic carbocycles. The summed E-state index contributed by atoms with van der Waals surface area (Å²) in [5, 5.41) is 0. The average molecular weight is 291 g/mol. The zero-order valence-electron chi connectivity index (χ0n) is 11.8. The van der Waals surface area contributed by atoms with Gasteiger partial charge >= 0.3 is 0 Å². The molecule has 2 fully saturated rings. The van der Waals surface area contributed by atoms with Gasteiger partial charge < -0.3 is 15.4 Å². The molecule has 0 aromatic rings. The first-order valence-electron chi connectivity index (χ1n) is 7.42. The van der Waals surface area contributed by atoms with Crippen LogP contribution >= 0.6 is 12.4 Å². The van der Waals surface area contributed by atoms with E-state index in [0.717, 1.165) is 38.6 Å². The van der Waals surface area contributed by atoms with Crippen molar-refractivity contribution in [1.29, 1.82) is 0 Å². The van der Waals surface area contributed by atoms with E-state index in [9.17, 15) is 4.79 Å². The van der Waals surface area contributed by atoms with Gasteiger partial charge in [-0.05, 0) is 32.1 Å². The zero-order valence-corrected chi connectivity index (χ0v) is 12.7. The smallest absolute Gasteiger partial charge is 0.251 e. The van der Waals surface area contributed by atoms with E-state index < -0.39 is 0 Å². The van der Waals surface area contributed by atoms with Gasteiger partial charge in [0.1, 0.15) is 6.10 Å². The molecule has 0 spiro atoms. The lowest BCUT2D eigenvalue weighted by Gasteiger charge is -2.31. The second-order valence-electron chi connectivity index (χ2n) is 5.50. The van der Waals surface area contributed by atoms with Crippen molar-refractivity contribution < 1.29 is 9.53 Å². The van der Waals surface area contributed by atoms with Crippen LogP contribution in [-0.4, -0.2) is 42.1 Å². The Hall–Kier alpha value is -0.320. The van der Waals surface area contributed by atoms with Crippen molar-refractivity contribution >= 4 is 18.3 Å². The van der Waals surface area contributed by atoms with Crippen LogP contribution in [0.15, 0.2) is 0 Å². The molecule has 2 aliphatic heterocycles. The number of carbonyl (C=O) groups excluding carboxylic acids is 1. The standard InChI is InChI=1S/C14H26N2O2.ClH/c1-2-11-6-4-3-5-9-16(11)14(17)13-8-7-12(10-15)18-13;/h11-13H,2-10,15H2,1H3;1H/t11?,12-,13+;/m1./s1. The molecular weight excluding hydrogens is 264 g/mol. The molecular formula is C14H27ClN2O2. The number of nitrogens with two attached hydrogens (primary N) is 1. The van der Waals surface area contributed by atoms with Crippen molar-refractivity contribution in [3.05, 3.63) is 0 Å². The molecule has 0 aliphatic carbocycles. The highest BCUT2D eigenvalue weighted by Gasteiger charge is 2.35. The Morgan fingerprint density at radius 2 is 2.05 bits per heavy atom. The fourth-order valence-corrected chi connectivity index (χ4v) is 3.14. The van der Waals surface area contributed by atoms with Gasteiger partial charge in [0.2, 0.25) is 0 Å². The van der Waals surface area contributed by atoms with Gasteiger partial charge in [-0.1, -0.05) is 19.8 Å². The number of hydrogen-bond donors (Lipinski definition) is 1. The van der Waals surface area contributed by atoms with Crippen molar-refractivity contribution in [3.63, 3.8) is 0 Å². The minimum Gasteiger partial charge on any atom is -0.364 e. The molecule has 1 unspecified atom stereocenters. The molecule has 1 amide bonds. The van der Waals surface area contributed by atoms with Crippen LogP contribution in [0, 0.1) is 0 Å². The van der Waals surface area contributed by atoms with Crippen LogP contribution < -0.4 is 5.73 Å². The molecule has 2 rings (SSSR count). The molecule has 2 heterocycles. The Balaban J connectivity index is 0.00000180. The number of likely N-dealkylation sites (tertiary alicyclic amines) is 1. The summed E-state index contributed by atoms with van der Waals surface area (Å²) in [5.41, 5.74) is 5.60. The molecule has 3 atom stereocenters. The lowest BCUT2D eigenvalue weighted by molar-refractivity contribution is -0.145. The van der Waals surface area contributed by atoms with Gasteiger partial charge in [-0.2, -0.15) is 0 Å². The lowest BCUT2D eigenvalue weighted by Crippen LogP contribution is -2.45. The third-order valence-electron chi connectivity index (χ3n) is 4.28. The van der Waals surface area contributed by atoms with Crippen molar-refractivity contribution in [3.8, 4) is 0 Å². The second kappa shape index (κ2) is 8.08. The van der Waals surface area contributed by atoms with Gasteiger partial charge in [0, 0.05) is 19.1 Å². The van der Waals surface area contributed by atoms with E-state index in [1.54, 1.807) is 0 Å². The minimum absolute atomic E-state index is 0. The monoisotopic (exact) mass is 290 g/mol. The molecule has 2 N–H and O–H groups in total. The normalized spacial score (nSPS) is 31.7. The van der Waals surface area contributed by atoms with Crippen LogP contribution in [0.1, 0.15) is 51.9 Å². The quantitative estimate of drug-likeness (QED) is 0.866. The molecule has 0 saturated carbocycles. The first-order chi connectivity index (χ1) is 8.76. The fraction of sp³-hybridized carbons (Fsp3) is 0.929. The van der Waals surface area contributed by atoms with Crippen LogP contribution in [0.4, 0.5) is 0 Å². The van der Waals surface area contributed by atoms with Crippen molar-refractivity contribution in [1.82, 2.24) is 4.90 Å². The van der Waals surface area contributed by atoms with Crippen LogP contribution in [0.25, 0.3) is 0 Å². The van der Waals surface area contributed by atoms with Gasteiger partial charge in [-0.15, -0.1) is 12.4 Å². The molecule has 2 aliphatic rings. The van der Waals surface area contributed by atoms with Gasteiger partial charge in [-0.3, -0.25) is 4.79 Å². The second-order valence-corrected chi connectivity index (χ2v) is 5.50. The number of hydrogen-bond acceptors (Lipinski definition) is 3. The fourth-order valence-electron chi connectivity index (χ4n) is 3.14. The molecule has 4 nitrogen and oxygen atoms in total.